The molecule has 0 bridgehead atoms. The van der Waals surface area contributed by atoms with Crippen LogP contribution in [-0.2, 0) is 9.59 Å². The number of imide groups is 1. The van der Waals surface area contributed by atoms with Crippen molar-refractivity contribution in [2.45, 2.75) is 46.0 Å². The number of nitrogens with two attached hydrogens (primary N) is 1. The van der Waals surface area contributed by atoms with Gasteiger partial charge in [-0.15, -0.1) is 0 Å². The monoisotopic (exact) mass is 360 g/mol. The summed E-state index contributed by atoms with van der Waals surface area (Å²) in [5.41, 5.74) is 8.73. The number of carbonyl (C=O) groups is 3. The Labute approximate surface area is 152 Å². The summed E-state index contributed by atoms with van der Waals surface area (Å²) in [4.78, 5) is 35.8. The Morgan fingerprint density at radius 3 is 2.04 bits per heavy atom. The van der Waals surface area contributed by atoms with E-state index in [0.717, 1.165) is 47.9 Å². The molecule has 2 N–H and O–H groups in total. The molecule has 3 amide bonds. The number of rotatable bonds is 2. The lowest BCUT2D eigenvalue weighted by Gasteiger charge is -2.15. The quantitative estimate of drug-likeness (QED) is 0.816. The molecular weight excluding hydrogens is 336 g/mol. The van der Waals surface area contributed by atoms with E-state index in [4.69, 9.17) is 5.73 Å². The summed E-state index contributed by atoms with van der Waals surface area (Å²) < 4.78 is 0. The summed E-state index contributed by atoms with van der Waals surface area (Å²) in [6.45, 7) is 3.88. The fourth-order valence-electron chi connectivity index (χ4n) is 2.75. The molecule has 0 spiro atoms. The van der Waals surface area contributed by atoms with Gasteiger partial charge in [0.25, 0.3) is 11.1 Å². The number of hydrogen-bond acceptors (Lipinski definition) is 4. The van der Waals surface area contributed by atoms with Crippen molar-refractivity contribution < 1.29 is 14.4 Å². The molecule has 0 atom stereocenters. The highest BCUT2D eigenvalue weighted by molar-refractivity contribution is 8.18. The minimum atomic E-state index is -0.665. The maximum absolute atomic E-state index is 12.0. The van der Waals surface area contributed by atoms with E-state index < -0.39 is 5.91 Å². The third-order valence-corrected chi connectivity index (χ3v) is 5.22. The highest BCUT2D eigenvalue weighted by atomic mass is 32.2. The number of aryl methyl sites for hydroxylation is 2. The van der Waals surface area contributed by atoms with E-state index in [9.17, 15) is 14.4 Å². The van der Waals surface area contributed by atoms with Crippen LogP contribution in [0.5, 0.6) is 0 Å². The van der Waals surface area contributed by atoms with E-state index >= 15 is 0 Å². The molecule has 1 aliphatic carbocycles. The first-order chi connectivity index (χ1) is 11.9. The Hall–Kier alpha value is -2.08. The Morgan fingerprint density at radius 2 is 1.56 bits per heavy atom. The van der Waals surface area contributed by atoms with E-state index in [1.807, 2.05) is 0 Å². The number of benzene rings is 1. The van der Waals surface area contributed by atoms with Gasteiger partial charge in [-0.25, -0.2) is 0 Å². The molecule has 0 aromatic heterocycles. The zero-order valence-electron chi connectivity index (χ0n) is 14.7. The summed E-state index contributed by atoms with van der Waals surface area (Å²) in [5, 5.41) is -0.387. The van der Waals surface area contributed by atoms with Gasteiger partial charge in [-0.3, -0.25) is 19.3 Å². The van der Waals surface area contributed by atoms with Gasteiger partial charge in [-0.2, -0.15) is 0 Å². The van der Waals surface area contributed by atoms with Crippen LogP contribution in [0, 0.1) is 13.8 Å². The topological polar surface area (TPSA) is 80.5 Å². The van der Waals surface area contributed by atoms with Gasteiger partial charge in [-0.05, 0) is 51.3 Å². The predicted octanol–water partition coefficient (Wildman–Crippen LogP) is 3.69. The molecule has 0 radical (unpaired) electrons. The van der Waals surface area contributed by atoms with Crippen LogP contribution in [0.25, 0.3) is 0 Å². The predicted molar refractivity (Wildman–Crippen MR) is 99.9 cm³/mol. The van der Waals surface area contributed by atoms with Crippen LogP contribution in [0.15, 0.2) is 34.7 Å². The second kappa shape index (κ2) is 8.85. The van der Waals surface area contributed by atoms with E-state index in [2.05, 4.69) is 38.1 Å². The van der Waals surface area contributed by atoms with Crippen LogP contribution in [0.3, 0.4) is 0 Å². The normalized spacial score (nSPS) is 17.4. The van der Waals surface area contributed by atoms with Crippen molar-refractivity contribution >= 4 is 28.8 Å². The van der Waals surface area contributed by atoms with E-state index in [0.29, 0.717) is 4.91 Å². The molecule has 1 aromatic carbocycles. The molecule has 1 saturated carbocycles. The highest BCUT2D eigenvalue weighted by Gasteiger charge is 2.37. The van der Waals surface area contributed by atoms with Crippen molar-refractivity contribution in [1.82, 2.24) is 4.90 Å². The average Bonchev–Trinajstić information content (AvgIpc) is 2.87. The maximum Gasteiger partial charge on any atom is 0.294 e. The molecule has 1 aliphatic heterocycles. The lowest BCUT2D eigenvalue weighted by Crippen LogP contribution is -2.36. The lowest BCUT2D eigenvalue weighted by atomic mass is 9.94. The average molecular weight is 360 g/mol. The van der Waals surface area contributed by atoms with Gasteiger partial charge in [0.15, 0.2) is 0 Å². The minimum Gasteiger partial charge on any atom is -0.368 e. The molecular formula is C19H24N2O3S. The third kappa shape index (κ3) is 5.46. The first-order valence-corrected chi connectivity index (χ1v) is 9.27. The number of carbonyl (C=O) groups excluding carboxylic acids is 3. The zero-order valence-corrected chi connectivity index (χ0v) is 15.5. The first-order valence-electron chi connectivity index (χ1n) is 8.45. The number of hydrogen-bond donors (Lipinski definition) is 1. The molecule has 25 heavy (non-hydrogen) atoms. The van der Waals surface area contributed by atoms with Crippen LogP contribution >= 0.6 is 11.8 Å². The Morgan fingerprint density at radius 1 is 1.04 bits per heavy atom. The van der Waals surface area contributed by atoms with Crippen LogP contribution in [-0.4, -0.2) is 28.5 Å². The minimum absolute atomic E-state index is 0.318. The van der Waals surface area contributed by atoms with Crippen molar-refractivity contribution in [2.24, 2.45) is 5.73 Å². The van der Waals surface area contributed by atoms with Gasteiger partial charge in [-0.1, -0.05) is 47.4 Å². The number of primary amides is 1. The van der Waals surface area contributed by atoms with Gasteiger partial charge < -0.3 is 5.73 Å². The smallest absolute Gasteiger partial charge is 0.294 e. The summed E-state index contributed by atoms with van der Waals surface area (Å²) >= 11 is 0.940. The van der Waals surface area contributed by atoms with Crippen LogP contribution < -0.4 is 5.73 Å². The zero-order chi connectivity index (χ0) is 18.4. The SMILES string of the molecule is Cc1ccc(C)cc1.NC(=O)CN1C(=O)SC(=C2CCCCC2)C1=O. The highest BCUT2D eigenvalue weighted by Crippen LogP contribution is 2.37. The summed E-state index contributed by atoms with van der Waals surface area (Å²) in [6, 6.07) is 8.48. The van der Waals surface area contributed by atoms with Crippen molar-refractivity contribution in [3.63, 3.8) is 0 Å². The van der Waals surface area contributed by atoms with Gasteiger partial charge in [0.2, 0.25) is 5.91 Å². The molecule has 1 heterocycles. The molecule has 134 valence electrons. The van der Waals surface area contributed by atoms with E-state index in [-0.39, 0.29) is 17.7 Å². The van der Waals surface area contributed by atoms with Gasteiger partial charge in [0.05, 0.1) is 4.91 Å². The number of amides is 3. The summed E-state index contributed by atoms with van der Waals surface area (Å²) in [6.07, 6.45) is 5.07. The fraction of sp³-hybridized carbons (Fsp3) is 0.421. The Bertz CT molecular complexity index is 666. The van der Waals surface area contributed by atoms with Crippen LogP contribution in [0.1, 0.15) is 43.2 Å². The molecule has 1 saturated heterocycles. The molecule has 0 unspecified atom stereocenters. The fourth-order valence-corrected chi connectivity index (χ4v) is 3.73. The van der Waals surface area contributed by atoms with Crippen molar-refractivity contribution in [1.29, 1.82) is 0 Å². The summed E-state index contributed by atoms with van der Waals surface area (Å²) in [7, 11) is 0. The second-order valence-electron chi connectivity index (χ2n) is 6.37. The first kappa shape index (κ1) is 19.2. The van der Waals surface area contributed by atoms with Gasteiger partial charge in [0.1, 0.15) is 6.54 Å². The van der Waals surface area contributed by atoms with Gasteiger partial charge >= 0.3 is 0 Å². The standard InChI is InChI=1S/C11H14N2O3S.C8H10/c12-8(14)6-13-10(15)9(17-11(13)16)7-4-2-1-3-5-7;1-7-3-5-8(2)6-4-7/h1-6H2,(H2,12,14);3-6H,1-2H3. The largest absolute Gasteiger partial charge is 0.368 e. The second-order valence-corrected chi connectivity index (χ2v) is 7.34. The summed E-state index contributed by atoms with van der Waals surface area (Å²) in [5.74, 6) is -1.02. The molecule has 2 aliphatic rings. The maximum atomic E-state index is 12.0. The molecule has 1 aromatic rings. The van der Waals surface area contributed by atoms with Crippen molar-refractivity contribution in [2.75, 3.05) is 6.54 Å². The van der Waals surface area contributed by atoms with E-state index in [1.165, 1.54) is 17.5 Å². The molecule has 3 rings (SSSR count). The van der Waals surface area contributed by atoms with Crippen LogP contribution in [0.2, 0.25) is 0 Å². The van der Waals surface area contributed by atoms with Gasteiger partial charge in [0, 0.05) is 0 Å². The lowest BCUT2D eigenvalue weighted by molar-refractivity contribution is -0.128. The van der Waals surface area contributed by atoms with E-state index in [1.54, 1.807) is 0 Å². The number of nitrogens with zero attached hydrogens (tertiary/aromatic N) is 1. The van der Waals surface area contributed by atoms with Crippen molar-refractivity contribution in [3.05, 3.63) is 45.9 Å². The Kier molecular flexibility index (Phi) is 6.82. The Balaban J connectivity index is 0.000000236. The van der Waals surface area contributed by atoms with Crippen molar-refractivity contribution in [3.8, 4) is 0 Å². The van der Waals surface area contributed by atoms with Crippen LogP contribution in [0.4, 0.5) is 4.79 Å². The number of allylic oxidation sites excluding steroid dienone is 1. The molecule has 2 fully saturated rings. The number of thioether (sulfide) groups is 1. The third-order valence-electron chi connectivity index (χ3n) is 4.16. The molecule has 6 heteroatoms. The molecule has 5 nitrogen and oxygen atoms in total.